The van der Waals surface area contributed by atoms with Crippen LogP contribution in [0.1, 0.15) is 0 Å². The van der Waals surface area contributed by atoms with E-state index in [4.69, 9.17) is 27.3 Å². The highest BCUT2D eigenvalue weighted by Crippen LogP contribution is 2.28. The predicted molar refractivity (Wildman–Crippen MR) is 81.1 cm³/mol. The summed E-state index contributed by atoms with van der Waals surface area (Å²) in [5, 5.41) is 11.6. The molecule has 3 N–H and O–H groups in total. The average Bonchev–Trinajstić information content (AvgIpc) is 2.46. The van der Waals surface area contributed by atoms with E-state index < -0.39 is 16.1 Å². The second kappa shape index (κ2) is 6.49. The molecule has 1 aliphatic heterocycles. The molecule has 1 unspecified atom stereocenters. The van der Waals surface area contributed by atoms with Crippen LogP contribution < -0.4 is 5.73 Å². The van der Waals surface area contributed by atoms with Gasteiger partial charge in [0, 0.05) is 17.6 Å². The smallest absolute Gasteiger partial charge is 0.244 e. The number of rotatable bonds is 3. The third-order valence-electron chi connectivity index (χ3n) is 2.99. The lowest BCUT2D eigenvalue weighted by atomic mass is 10.3. The van der Waals surface area contributed by atoms with Crippen molar-refractivity contribution < 1.29 is 18.4 Å². The molecular formula is C11H13BrClN3O4S. The SMILES string of the molecule is NC(=NO)C1CN(S(=O)(=O)c2ccc(Br)cc2Cl)CCO1. The van der Waals surface area contributed by atoms with Crippen molar-refractivity contribution in [1.82, 2.24) is 4.31 Å². The van der Waals surface area contributed by atoms with Gasteiger partial charge in [0.25, 0.3) is 0 Å². The second-order valence-electron chi connectivity index (χ2n) is 4.32. The lowest BCUT2D eigenvalue weighted by Crippen LogP contribution is -2.50. The molecule has 21 heavy (non-hydrogen) atoms. The molecule has 2 rings (SSSR count). The van der Waals surface area contributed by atoms with E-state index in [9.17, 15) is 8.42 Å². The van der Waals surface area contributed by atoms with E-state index >= 15 is 0 Å². The molecule has 0 aliphatic carbocycles. The standard InChI is InChI=1S/C11H13BrClN3O4S/c12-7-1-2-10(8(13)5-7)21(18,19)16-3-4-20-9(6-16)11(14)15-17/h1-2,5,9,17H,3-4,6H2,(H2,14,15). The molecule has 1 fully saturated rings. The van der Waals surface area contributed by atoms with Gasteiger partial charge in [-0.15, -0.1) is 0 Å². The van der Waals surface area contributed by atoms with E-state index in [0.29, 0.717) is 4.47 Å². The lowest BCUT2D eigenvalue weighted by Gasteiger charge is -2.31. The number of morpholine rings is 1. The van der Waals surface area contributed by atoms with E-state index in [1.807, 2.05) is 0 Å². The maximum atomic E-state index is 12.6. The zero-order valence-electron chi connectivity index (χ0n) is 10.7. The van der Waals surface area contributed by atoms with Gasteiger partial charge in [0.1, 0.15) is 11.0 Å². The molecule has 1 aromatic carbocycles. The summed E-state index contributed by atoms with van der Waals surface area (Å²) in [4.78, 5) is 0.00697. The predicted octanol–water partition coefficient (Wildman–Crippen LogP) is 1.24. The first kappa shape index (κ1) is 16.5. The molecule has 0 bridgehead atoms. The van der Waals surface area contributed by atoms with Crippen molar-refractivity contribution >= 4 is 43.4 Å². The molecule has 1 heterocycles. The van der Waals surface area contributed by atoms with Crippen molar-refractivity contribution in [2.45, 2.75) is 11.0 Å². The van der Waals surface area contributed by atoms with Crippen molar-refractivity contribution in [3.8, 4) is 0 Å². The zero-order chi connectivity index (χ0) is 15.6. The molecular weight excluding hydrogens is 386 g/mol. The van der Waals surface area contributed by atoms with E-state index in [2.05, 4.69) is 21.1 Å². The average molecular weight is 399 g/mol. The molecule has 0 radical (unpaired) electrons. The Bertz CT molecular complexity index is 667. The van der Waals surface area contributed by atoms with Crippen molar-refractivity contribution in [2.75, 3.05) is 19.7 Å². The molecule has 116 valence electrons. The number of halogens is 2. The lowest BCUT2D eigenvalue weighted by molar-refractivity contribution is 0.0355. The number of benzene rings is 1. The number of nitrogens with zero attached hydrogens (tertiary/aromatic N) is 2. The van der Waals surface area contributed by atoms with Crippen molar-refractivity contribution in [1.29, 1.82) is 0 Å². The minimum absolute atomic E-state index is 0.00697. The van der Waals surface area contributed by atoms with Gasteiger partial charge in [-0.1, -0.05) is 32.7 Å². The third kappa shape index (κ3) is 3.49. The van der Waals surface area contributed by atoms with Crippen LogP contribution in [0.2, 0.25) is 5.02 Å². The Balaban J connectivity index is 2.31. The molecule has 1 atom stereocenters. The van der Waals surface area contributed by atoms with E-state index in [1.54, 1.807) is 6.07 Å². The van der Waals surface area contributed by atoms with Gasteiger partial charge in [0.05, 0.1) is 11.6 Å². The summed E-state index contributed by atoms with van der Waals surface area (Å²) in [6, 6.07) is 4.53. The van der Waals surface area contributed by atoms with Crippen LogP contribution in [0.5, 0.6) is 0 Å². The quantitative estimate of drug-likeness (QED) is 0.345. The van der Waals surface area contributed by atoms with Gasteiger partial charge in [-0.05, 0) is 18.2 Å². The summed E-state index contributed by atoms with van der Waals surface area (Å²) in [5.74, 6) is -0.170. The van der Waals surface area contributed by atoms with Crippen LogP contribution in [0, 0.1) is 0 Å². The molecule has 1 aromatic rings. The van der Waals surface area contributed by atoms with Crippen LogP contribution in [-0.2, 0) is 14.8 Å². The largest absolute Gasteiger partial charge is 0.409 e. The van der Waals surface area contributed by atoms with Gasteiger partial charge < -0.3 is 15.7 Å². The fourth-order valence-electron chi connectivity index (χ4n) is 1.91. The molecule has 0 spiro atoms. The maximum Gasteiger partial charge on any atom is 0.244 e. The number of nitrogens with two attached hydrogens (primary N) is 1. The normalized spacial score (nSPS) is 21.4. The van der Waals surface area contributed by atoms with Crippen molar-refractivity contribution in [3.63, 3.8) is 0 Å². The Morgan fingerprint density at radius 2 is 2.29 bits per heavy atom. The minimum atomic E-state index is -3.78. The first-order valence-electron chi connectivity index (χ1n) is 5.90. The fraction of sp³-hybridized carbons (Fsp3) is 0.364. The monoisotopic (exact) mass is 397 g/mol. The van der Waals surface area contributed by atoms with Crippen molar-refractivity contribution in [3.05, 3.63) is 27.7 Å². The number of sulfonamides is 1. The summed E-state index contributed by atoms with van der Waals surface area (Å²) in [6.07, 6.45) is -0.784. The molecule has 0 aromatic heterocycles. The zero-order valence-corrected chi connectivity index (χ0v) is 13.9. The summed E-state index contributed by atoms with van der Waals surface area (Å²) < 4.78 is 32.4. The topological polar surface area (TPSA) is 105 Å². The Morgan fingerprint density at radius 3 is 2.90 bits per heavy atom. The summed E-state index contributed by atoms with van der Waals surface area (Å²) in [5.41, 5.74) is 5.46. The van der Waals surface area contributed by atoms with E-state index in [1.165, 1.54) is 16.4 Å². The Kier molecular flexibility index (Phi) is 5.10. The molecule has 1 aliphatic rings. The number of ether oxygens (including phenoxy) is 1. The highest BCUT2D eigenvalue weighted by Gasteiger charge is 2.33. The van der Waals surface area contributed by atoms with Crippen LogP contribution in [0.3, 0.4) is 0 Å². The number of amidine groups is 1. The second-order valence-corrected chi connectivity index (χ2v) is 7.55. The van der Waals surface area contributed by atoms with E-state index in [-0.39, 0.29) is 35.5 Å². The van der Waals surface area contributed by atoms with Gasteiger partial charge in [-0.25, -0.2) is 8.42 Å². The summed E-state index contributed by atoms with van der Waals surface area (Å²) in [7, 11) is -3.78. The van der Waals surface area contributed by atoms with Crippen LogP contribution in [-0.4, -0.2) is 49.6 Å². The van der Waals surface area contributed by atoms with Gasteiger partial charge in [0.2, 0.25) is 10.0 Å². The van der Waals surface area contributed by atoms with Crippen LogP contribution in [0.15, 0.2) is 32.7 Å². The van der Waals surface area contributed by atoms with Crippen LogP contribution >= 0.6 is 27.5 Å². The van der Waals surface area contributed by atoms with Crippen LogP contribution in [0.25, 0.3) is 0 Å². The Morgan fingerprint density at radius 1 is 1.57 bits per heavy atom. The molecule has 0 saturated carbocycles. The highest BCUT2D eigenvalue weighted by atomic mass is 79.9. The summed E-state index contributed by atoms with van der Waals surface area (Å²) >= 11 is 9.23. The first-order valence-corrected chi connectivity index (χ1v) is 8.51. The van der Waals surface area contributed by atoms with Gasteiger partial charge in [0.15, 0.2) is 5.84 Å². The number of hydrogen-bond acceptors (Lipinski definition) is 5. The van der Waals surface area contributed by atoms with Crippen molar-refractivity contribution in [2.24, 2.45) is 10.9 Å². The van der Waals surface area contributed by atoms with Gasteiger partial charge >= 0.3 is 0 Å². The highest BCUT2D eigenvalue weighted by molar-refractivity contribution is 9.10. The minimum Gasteiger partial charge on any atom is -0.409 e. The Labute approximate surface area is 135 Å². The molecule has 7 nitrogen and oxygen atoms in total. The molecule has 10 heteroatoms. The van der Waals surface area contributed by atoms with E-state index in [0.717, 1.165) is 0 Å². The first-order chi connectivity index (χ1) is 9.86. The van der Waals surface area contributed by atoms with Gasteiger partial charge in [-0.2, -0.15) is 4.31 Å². The van der Waals surface area contributed by atoms with Crippen LogP contribution in [0.4, 0.5) is 0 Å². The molecule has 1 saturated heterocycles. The maximum absolute atomic E-state index is 12.6. The number of hydrogen-bond donors (Lipinski definition) is 2. The van der Waals surface area contributed by atoms with Gasteiger partial charge in [-0.3, -0.25) is 0 Å². The number of oxime groups is 1. The fourth-order valence-corrected chi connectivity index (χ4v) is 4.35. The summed E-state index contributed by atoms with van der Waals surface area (Å²) in [6.45, 7) is 0.281. The molecule has 0 amide bonds. The Hall–Kier alpha value is -0.870. The third-order valence-corrected chi connectivity index (χ3v) is 5.83.